The van der Waals surface area contributed by atoms with Crippen molar-refractivity contribution in [1.82, 2.24) is 24.7 Å². The molecule has 1 N–H and O–H groups in total. The van der Waals surface area contributed by atoms with E-state index in [0.29, 0.717) is 23.8 Å². The minimum Gasteiger partial charge on any atom is -0.360 e. The molecule has 29 heavy (non-hydrogen) atoms. The molecule has 0 bridgehead atoms. The van der Waals surface area contributed by atoms with Crippen molar-refractivity contribution in [3.8, 4) is 0 Å². The molecule has 1 aliphatic carbocycles. The Balaban J connectivity index is 1.47. The lowest BCUT2D eigenvalue weighted by Gasteiger charge is -2.33. The predicted molar refractivity (Wildman–Crippen MR) is 109 cm³/mol. The molecule has 2 aliphatic rings. The van der Waals surface area contributed by atoms with Crippen molar-refractivity contribution in [1.29, 1.82) is 0 Å². The predicted octanol–water partition coefficient (Wildman–Crippen LogP) is 1.23. The van der Waals surface area contributed by atoms with E-state index in [4.69, 9.17) is 14.5 Å². The second-order valence-electron chi connectivity index (χ2n) is 7.94. The van der Waals surface area contributed by atoms with Crippen LogP contribution in [0.25, 0.3) is 0 Å². The summed E-state index contributed by atoms with van der Waals surface area (Å²) in [6, 6.07) is 2.00. The van der Waals surface area contributed by atoms with Gasteiger partial charge in [0, 0.05) is 56.8 Å². The number of anilines is 1. The zero-order valence-electron chi connectivity index (χ0n) is 17.2. The van der Waals surface area contributed by atoms with E-state index in [-0.39, 0.29) is 11.4 Å². The van der Waals surface area contributed by atoms with Crippen LogP contribution >= 0.6 is 0 Å². The average Bonchev–Trinajstić information content (AvgIpc) is 3.46. The van der Waals surface area contributed by atoms with Crippen molar-refractivity contribution in [3.05, 3.63) is 29.0 Å². The topological polar surface area (TPSA) is 104 Å². The van der Waals surface area contributed by atoms with Gasteiger partial charge < -0.3 is 14.3 Å². The molecular formula is C19H28N6O3S. The SMILES string of the molecule is Cc1noc(C)c1S(=O)(=O)NCCc1cc(N2CCN(C)CC2)nc(C2CC2)n1. The molecular weight excluding hydrogens is 392 g/mol. The molecule has 0 amide bonds. The van der Waals surface area contributed by atoms with E-state index >= 15 is 0 Å². The number of hydrogen-bond donors (Lipinski definition) is 1. The number of piperazine rings is 1. The summed E-state index contributed by atoms with van der Waals surface area (Å²) in [5.41, 5.74) is 1.24. The Morgan fingerprint density at radius 1 is 1.17 bits per heavy atom. The minimum absolute atomic E-state index is 0.122. The van der Waals surface area contributed by atoms with Crippen LogP contribution in [0.15, 0.2) is 15.5 Å². The molecule has 0 spiro atoms. The Bertz CT molecular complexity index is 958. The fourth-order valence-electron chi connectivity index (χ4n) is 3.60. The Morgan fingerprint density at radius 3 is 2.52 bits per heavy atom. The fraction of sp³-hybridized carbons (Fsp3) is 0.632. The number of likely N-dealkylation sites (N-methyl/N-ethyl adjacent to an activating group) is 1. The summed E-state index contributed by atoms with van der Waals surface area (Å²) in [4.78, 5) is 14.2. The monoisotopic (exact) mass is 420 g/mol. The zero-order valence-corrected chi connectivity index (χ0v) is 18.0. The standard InChI is InChI=1S/C19H28N6O3S/c1-13-18(14(2)28-23-13)29(26,27)20-7-6-16-12-17(22-19(21-16)15-4-5-15)25-10-8-24(3)9-11-25/h12,15,20H,4-11H2,1-3H3. The number of aryl methyl sites for hydroxylation is 2. The first-order valence-corrected chi connectivity index (χ1v) is 11.6. The highest BCUT2D eigenvalue weighted by molar-refractivity contribution is 7.89. The second kappa shape index (κ2) is 8.00. The molecule has 0 atom stereocenters. The van der Waals surface area contributed by atoms with E-state index in [1.807, 2.05) is 6.07 Å². The molecule has 158 valence electrons. The van der Waals surface area contributed by atoms with Gasteiger partial charge in [0.25, 0.3) is 0 Å². The number of nitrogens with zero attached hydrogens (tertiary/aromatic N) is 5. The van der Waals surface area contributed by atoms with E-state index in [1.54, 1.807) is 13.8 Å². The van der Waals surface area contributed by atoms with Crippen LogP contribution in [0.4, 0.5) is 5.82 Å². The van der Waals surface area contributed by atoms with Crippen molar-refractivity contribution in [2.24, 2.45) is 0 Å². The highest BCUT2D eigenvalue weighted by atomic mass is 32.2. The van der Waals surface area contributed by atoms with Crippen molar-refractivity contribution in [2.45, 2.75) is 43.9 Å². The second-order valence-corrected chi connectivity index (χ2v) is 9.65. The third kappa shape index (κ3) is 4.59. The maximum Gasteiger partial charge on any atom is 0.245 e. The molecule has 0 unspecified atom stereocenters. The molecule has 9 nitrogen and oxygen atoms in total. The molecule has 1 aliphatic heterocycles. The molecule has 1 saturated heterocycles. The minimum atomic E-state index is -3.66. The van der Waals surface area contributed by atoms with Crippen LogP contribution in [-0.2, 0) is 16.4 Å². The Kier molecular flexibility index (Phi) is 5.58. The molecule has 2 fully saturated rings. The first-order chi connectivity index (χ1) is 13.8. The smallest absolute Gasteiger partial charge is 0.245 e. The molecule has 1 saturated carbocycles. The zero-order chi connectivity index (χ0) is 20.6. The van der Waals surface area contributed by atoms with Crippen LogP contribution in [0, 0.1) is 13.8 Å². The summed E-state index contributed by atoms with van der Waals surface area (Å²) in [5.74, 6) is 2.59. The van der Waals surface area contributed by atoms with Gasteiger partial charge in [-0.25, -0.2) is 23.1 Å². The summed E-state index contributed by atoms with van der Waals surface area (Å²) in [6.45, 7) is 7.38. The molecule has 4 rings (SSSR count). The van der Waals surface area contributed by atoms with Gasteiger partial charge in [0.2, 0.25) is 10.0 Å². The lowest BCUT2D eigenvalue weighted by molar-refractivity contribution is 0.312. The first kappa shape index (κ1) is 20.2. The molecule has 10 heteroatoms. The lowest BCUT2D eigenvalue weighted by Crippen LogP contribution is -2.45. The number of aromatic nitrogens is 3. The van der Waals surface area contributed by atoms with Crippen molar-refractivity contribution in [2.75, 3.05) is 44.7 Å². The van der Waals surface area contributed by atoms with Crippen LogP contribution in [-0.4, -0.2) is 68.2 Å². The van der Waals surface area contributed by atoms with Crippen LogP contribution in [0.5, 0.6) is 0 Å². The molecule has 0 radical (unpaired) electrons. The molecule has 3 heterocycles. The van der Waals surface area contributed by atoms with E-state index in [0.717, 1.165) is 56.4 Å². The van der Waals surface area contributed by atoms with E-state index < -0.39 is 10.0 Å². The Labute approximate surface area is 171 Å². The largest absolute Gasteiger partial charge is 0.360 e. The summed E-state index contributed by atoms with van der Waals surface area (Å²) in [6.07, 6.45) is 2.76. The van der Waals surface area contributed by atoms with Crippen LogP contribution in [0.2, 0.25) is 0 Å². The van der Waals surface area contributed by atoms with Crippen LogP contribution in [0.1, 0.15) is 41.7 Å². The molecule has 2 aromatic heterocycles. The third-order valence-electron chi connectivity index (χ3n) is 5.46. The van der Waals surface area contributed by atoms with Crippen molar-refractivity contribution in [3.63, 3.8) is 0 Å². The summed E-state index contributed by atoms with van der Waals surface area (Å²) < 4.78 is 32.8. The highest BCUT2D eigenvalue weighted by Gasteiger charge is 2.29. The van der Waals surface area contributed by atoms with Gasteiger partial charge in [-0.3, -0.25) is 0 Å². The lowest BCUT2D eigenvalue weighted by atomic mass is 10.2. The fourth-order valence-corrected chi connectivity index (χ4v) is 4.95. The van der Waals surface area contributed by atoms with Crippen LogP contribution < -0.4 is 9.62 Å². The number of rotatable bonds is 7. The quantitative estimate of drug-likeness (QED) is 0.713. The Morgan fingerprint density at radius 2 is 1.90 bits per heavy atom. The van der Waals surface area contributed by atoms with Crippen molar-refractivity contribution < 1.29 is 12.9 Å². The van der Waals surface area contributed by atoms with Gasteiger partial charge in [0.1, 0.15) is 22.2 Å². The average molecular weight is 421 g/mol. The van der Waals surface area contributed by atoms with Gasteiger partial charge in [-0.2, -0.15) is 0 Å². The summed E-state index contributed by atoms with van der Waals surface area (Å²) >= 11 is 0. The summed E-state index contributed by atoms with van der Waals surface area (Å²) in [5, 5.41) is 3.73. The highest BCUT2D eigenvalue weighted by Crippen LogP contribution is 2.38. The third-order valence-corrected chi connectivity index (χ3v) is 7.17. The van der Waals surface area contributed by atoms with Gasteiger partial charge in [-0.1, -0.05) is 5.16 Å². The normalized spacial score (nSPS) is 18.4. The van der Waals surface area contributed by atoms with E-state index in [1.165, 1.54) is 0 Å². The number of nitrogens with one attached hydrogen (secondary N) is 1. The van der Waals surface area contributed by atoms with Gasteiger partial charge in [0.15, 0.2) is 5.76 Å². The van der Waals surface area contributed by atoms with Crippen molar-refractivity contribution >= 4 is 15.8 Å². The first-order valence-electron chi connectivity index (χ1n) is 10.1. The van der Waals surface area contributed by atoms with Gasteiger partial charge >= 0.3 is 0 Å². The van der Waals surface area contributed by atoms with Gasteiger partial charge in [-0.05, 0) is 33.7 Å². The van der Waals surface area contributed by atoms with Crippen LogP contribution in [0.3, 0.4) is 0 Å². The number of sulfonamides is 1. The van der Waals surface area contributed by atoms with E-state index in [2.05, 4.69) is 26.7 Å². The number of hydrogen-bond acceptors (Lipinski definition) is 8. The maximum atomic E-state index is 12.6. The van der Waals surface area contributed by atoms with E-state index in [9.17, 15) is 8.42 Å². The Hall–Kier alpha value is -2.04. The molecule has 0 aromatic carbocycles. The molecule has 2 aromatic rings. The van der Waals surface area contributed by atoms with Gasteiger partial charge in [-0.15, -0.1) is 0 Å². The maximum absolute atomic E-state index is 12.6. The van der Waals surface area contributed by atoms with Gasteiger partial charge in [0.05, 0.1) is 0 Å². The summed E-state index contributed by atoms with van der Waals surface area (Å²) in [7, 11) is -1.54.